The Labute approximate surface area is 166 Å². The van der Waals surface area contributed by atoms with Gasteiger partial charge in [0.05, 0.1) is 4.88 Å². The molecule has 2 aromatic carbocycles. The number of nitrogens with one attached hydrogen (secondary N) is 1. The number of aromatic nitrogens is 1. The zero-order valence-corrected chi connectivity index (χ0v) is 15.6. The molecule has 3 aromatic rings. The van der Waals surface area contributed by atoms with Gasteiger partial charge in [0, 0.05) is 6.42 Å². The van der Waals surface area contributed by atoms with Crippen molar-refractivity contribution < 1.29 is 32.9 Å². The third-order valence-corrected chi connectivity index (χ3v) is 4.77. The van der Waals surface area contributed by atoms with Crippen LogP contribution < -0.4 is 14.3 Å². The highest BCUT2D eigenvalue weighted by atomic mass is 32.1. The second kappa shape index (κ2) is 8.58. The maximum Gasteiger partial charge on any atom is 0.573 e. The van der Waals surface area contributed by atoms with Crippen molar-refractivity contribution in [1.29, 1.82) is 0 Å². The van der Waals surface area contributed by atoms with Crippen molar-refractivity contribution in [2.24, 2.45) is 0 Å². The highest BCUT2D eigenvalue weighted by molar-refractivity contribution is 7.09. The van der Waals surface area contributed by atoms with E-state index in [1.54, 1.807) is 24.3 Å². The lowest BCUT2D eigenvalue weighted by atomic mass is 10.1. The first kappa shape index (κ1) is 20.7. The Balaban J connectivity index is 1.54. The topological polar surface area (TPSA) is 91.8 Å². The summed E-state index contributed by atoms with van der Waals surface area (Å²) in [7, 11) is 0. The summed E-state index contributed by atoms with van der Waals surface area (Å²) < 4.78 is 45.8. The molecule has 0 saturated carbocycles. The fraction of sp³-hybridized carbons (Fsp3) is 0.211. The van der Waals surface area contributed by atoms with E-state index in [1.807, 2.05) is 0 Å². The summed E-state index contributed by atoms with van der Waals surface area (Å²) >= 11 is 0.932. The van der Waals surface area contributed by atoms with Crippen molar-refractivity contribution in [3.05, 3.63) is 74.2 Å². The monoisotopic (exact) mass is 427 g/mol. The Morgan fingerprint density at radius 3 is 2.21 bits per heavy atom. The first-order valence-corrected chi connectivity index (χ1v) is 9.18. The van der Waals surface area contributed by atoms with E-state index in [-0.39, 0.29) is 23.1 Å². The number of aromatic hydroxyl groups is 1. The molecule has 1 heterocycles. The van der Waals surface area contributed by atoms with Gasteiger partial charge in [-0.3, -0.25) is 9.78 Å². The molecule has 3 rings (SSSR count). The van der Waals surface area contributed by atoms with Crippen molar-refractivity contribution in [3.63, 3.8) is 0 Å². The van der Waals surface area contributed by atoms with E-state index < -0.39 is 12.5 Å². The van der Waals surface area contributed by atoms with Crippen molar-refractivity contribution in [2.45, 2.75) is 18.9 Å². The summed E-state index contributed by atoms with van der Waals surface area (Å²) in [5.41, 5.74) is 1.23. The Bertz CT molecular complexity index is 996. The average molecular weight is 427 g/mol. The van der Waals surface area contributed by atoms with Crippen molar-refractivity contribution in [2.75, 3.05) is 6.61 Å². The van der Waals surface area contributed by atoms with Crippen LogP contribution in [0.1, 0.15) is 22.1 Å². The van der Waals surface area contributed by atoms with Crippen LogP contribution in [0.5, 0.6) is 17.4 Å². The maximum absolute atomic E-state index is 12.2. The Kier molecular flexibility index (Phi) is 6.14. The van der Waals surface area contributed by atoms with Crippen molar-refractivity contribution in [1.82, 2.24) is 4.98 Å². The number of hydrogen-bond acceptors (Lipinski definition) is 6. The molecule has 154 valence electrons. The number of H-pyrrole nitrogens is 1. The molecule has 0 radical (unpaired) electrons. The normalized spacial score (nSPS) is 12.6. The van der Waals surface area contributed by atoms with E-state index in [9.17, 15) is 28.2 Å². The molecule has 0 aliphatic rings. The standard InChI is InChI=1S/C19H16F3NO5S/c20-19(21,22)28-14-7-3-12(4-8-14)15(24)10-27-13-5-1-11(2-6-13)9-16-17(25)23-18(26)29-16/h1-8,15,24-25H,9-10H2,(H,23,26). The van der Waals surface area contributed by atoms with E-state index in [4.69, 9.17) is 4.74 Å². The van der Waals surface area contributed by atoms with Crippen LogP contribution >= 0.6 is 11.3 Å². The summed E-state index contributed by atoms with van der Waals surface area (Å²) in [6.45, 7) is -0.0982. The number of thiazole rings is 1. The SMILES string of the molecule is O=c1[nH]c(O)c(Cc2ccc(OCC(O)c3ccc(OC(F)(F)F)cc3)cc2)s1. The van der Waals surface area contributed by atoms with Crippen LogP contribution in [0.4, 0.5) is 13.2 Å². The molecule has 0 fully saturated rings. The van der Waals surface area contributed by atoms with Gasteiger partial charge in [0.2, 0.25) is 5.88 Å². The van der Waals surface area contributed by atoms with E-state index in [1.165, 1.54) is 12.1 Å². The molecular formula is C19H16F3NO5S. The van der Waals surface area contributed by atoms with Crippen LogP contribution in [0.2, 0.25) is 0 Å². The highest BCUT2D eigenvalue weighted by Crippen LogP contribution is 2.25. The summed E-state index contributed by atoms with van der Waals surface area (Å²) in [5, 5.41) is 19.8. The van der Waals surface area contributed by atoms with Gasteiger partial charge in [-0.2, -0.15) is 0 Å². The lowest BCUT2D eigenvalue weighted by molar-refractivity contribution is -0.274. The molecule has 0 amide bonds. The van der Waals surface area contributed by atoms with Gasteiger partial charge in [0.25, 0.3) is 0 Å². The first-order chi connectivity index (χ1) is 13.7. The second-order valence-corrected chi connectivity index (χ2v) is 7.12. The summed E-state index contributed by atoms with van der Waals surface area (Å²) in [6, 6.07) is 11.8. The van der Waals surface area contributed by atoms with Crippen LogP contribution in [0.3, 0.4) is 0 Å². The van der Waals surface area contributed by atoms with E-state index in [0.29, 0.717) is 22.6 Å². The van der Waals surface area contributed by atoms with Gasteiger partial charge in [0.15, 0.2) is 0 Å². The van der Waals surface area contributed by atoms with Crippen LogP contribution in [0.25, 0.3) is 0 Å². The Morgan fingerprint density at radius 2 is 1.66 bits per heavy atom. The number of alkyl halides is 3. The maximum atomic E-state index is 12.2. The van der Waals surface area contributed by atoms with Gasteiger partial charge in [-0.1, -0.05) is 35.6 Å². The number of hydrogen-bond donors (Lipinski definition) is 3. The predicted octanol–water partition coefficient (Wildman–Crippen LogP) is 3.74. The van der Waals surface area contributed by atoms with Gasteiger partial charge in [0.1, 0.15) is 24.2 Å². The quantitative estimate of drug-likeness (QED) is 0.534. The smallest absolute Gasteiger partial charge is 0.494 e. The van der Waals surface area contributed by atoms with Crippen LogP contribution in [-0.4, -0.2) is 28.2 Å². The Hall–Kier alpha value is -2.98. The highest BCUT2D eigenvalue weighted by Gasteiger charge is 2.31. The van der Waals surface area contributed by atoms with Gasteiger partial charge >= 0.3 is 11.2 Å². The van der Waals surface area contributed by atoms with Gasteiger partial charge < -0.3 is 19.7 Å². The average Bonchev–Trinajstić information content (AvgIpc) is 2.97. The zero-order valence-electron chi connectivity index (χ0n) is 14.8. The molecule has 29 heavy (non-hydrogen) atoms. The molecule has 3 N–H and O–H groups in total. The molecule has 0 aliphatic heterocycles. The van der Waals surface area contributed by atoms with Gasteiger partial charge in [-0.15, -0.1) is 13.2 Å². The van der Waals surface area contributed by atoms with Crippen molar-refractivity contribution >= 4 is 11.3 Å². The molecule has 6 nitrogen and oxygen atoms in total. The summed E-state index contributed by atoms with van der Waals surface area (Å²) in [6.07, 6.45) is -5.43. The number of ether oxygens (including phenoxy) is 2. The predicted molar refractivity (Wildman–Crippen MR) is 99.4 cm³/mol. The fourth-order valence-electron chi connectivity index (χ4n) is 2.52. The van der Waals surface area contributed by atoms with E-state index >= 15 is 0 Å². The lowest BCUT2D eigenvalue weighted by Crippen LogP contribution is -2.17. The number of halogens is 3. The van der Waals surface area contributed by atoms with Crippen LogP contribution in [0, 0.1) is 0 Å². The van der Waals surface area contributed by atoms with Crippen molar-refractivity contribution in [3.8, 4) is 17.4 Å². The fourth-order valence-corrected chi connectivity index (χ4v) is 3.28. The first-order valence-electron chi connectivity index (χ1n) is 8.36. The number of rotatable bonds is 7. The third kappa shape index (κ3) is 6.00. The number of aliphatic hydroxyl groups excluding tert-OH is 1. The second-order valence-electron chi connectivity index (χ2n) is 6.05. The molecule has 1 unspecified atom stereocenters. The number of benzene rings is 2. The van der Waals surface area contributed by atoms with E-state index in [0.717, 1.165) is 29.0 Å². The number of aliphatic hydroxyl groups is 1. The molecular weight excluding hydrogens is 411 g/mol. The molecule has 1 atom stereocenters. The van der Waals surface area contributed by atoms with Crippen LogP contribution in [-0.2, 0) is 6.42 Å². The molecule has 0 spiro atoms. The molecule has 1 aromatic heterocycles. The third-order valence-electron chi connectivity index (χ3n) is 3.89. The van der Waals surface area contributed by atoms with Gasteiger partial charge in [-0.05, 0) is 35.4 Å². The summed E-state index contributed by atoms with van der Waals surface area (Å²) in [4.78, 5) is 13.7. The zero-order chi connectivity index (χ0) is 21.0. The molecule has 10 heteroatoms. The lowest BCUT2D eigenvalue weighted by Gasteiger charge is -2.14. The van der Waals surface area contributed by atoms with Crippen LogP contribution in [0.15, 0.2) is 53.3 Å². The number of aromatic amines is 1. The molecule has 0 saturated heterocycles. The molecule has 0 aliphatic carbocycles. The van der Waals surface area contributed by atoms with Gasteiger partial charge in [-0.25, -0.2) is 0 Å². The van der Waals surface area contributed by atoms with E-state index in [2.05, 4.69) is 9.72 Å². The molecule has 0 bridgehead atoms. The minimum absolute atomic E-state index is 0.0982. The Morgan fingerprint density at radius 1 is 1.03 bits per heavy atom. The largest absolute Gasteiger partial charge is 0.573 e. The minimum Gasteiger partial charge on any atom is -0.494 e. The summed E-state index contributed by atoms with van der Waals surface area (Å²) in [5.74, 6) is -0.0326. The minimum atomic E-state index is -4.77.